The fourth-order valence-corrected chi connectivity index (χ4v) is 1.94. The van der Waals surface area contributed by atoms with Gasteiger partial charge in [-0.2, -0.15) is 0 Å². The van der Waals surface area contributed by atoms with Gasteiger partial charge in [-0.1, -0.05) is 6.07 Å². The Morgan fingerprint density at radius 3 is 2.90 bits per heavy atom. The fraction of sp³-hybridized carbons (Fsp3) is 0.357. The van der Waals surface area contributed by atoms with Crippen LogP contribution in [0, 0.1) is 5.82 Å². The minimum atomic E-state index is -0.678. The third-order valence-electron chi connectivity index (χ3n) is 3.09. The molecule has 0 fully saturated rings. The molecule has 6 nitrogen and oxygen atoms in total. The third-order valence-corrected chi connectivity index (χ3v) is 3.09. The highest BCUT2D eigenvalue weighted by atomic mass is 19.1. The first-order chi connectivity index (χ1) is 10.2. The van der Waals surface area contributed by atoms with Crippen molar-refractivity contribution in [1.82, 2.24) is 20.1 Å². The maximum atomic E-state index is 13.8. The molecule has 1 aromatic carbocycles. The van der Waals surface area contributed by atoms with E-state index in [9.17, 15) is 9.18 Å². The summed E-state index contributed by atoms with van der Waals surface area (Å²) in [4.78, 5) is 11.3. The summed E-state index contributed by atoms with van der Waals surface area (Å²) >= 11 is 0. The number of benzene rings is 1. The Labute approximate surface area is 121 Å². The number of nitrogens with zero attached hydrogens (tertiary/aromatic N) is 3. The van der Waals surface area contributed by atoms with Crippen LogP contribution in [-0.4, -0.2) is 27.8 Å². The molecule has 1 heterocycles. The van der Waals surface area contributed by atoms with Crippen LogP contribution in [0.5, 0.6) is 0 Å². The van der Waals surface area contributed by atoms with Crippen LogP contribution in [0.2, 0.25) is 0 Å². The van der Waals surface area contributed by atoms with E-state index < -0.39 is 11.8 Å². The summed E-state index contributed by atoms with van der Waals surface area (Å²) < 4.78 is 20.2. The van der Waals surface area contributed by atoms with Gasteiger partial charge in [0, 0.05) is 13.1 Å². The Morgan fingerprint density at radius 1 is 1.43 bits per heavy atom. The maximum Gasteiger partial charge on any atom is 0.340 e. The van der Waals surface area contributed by atoms with Gasteiger partial charge in [0.05, 0.1) is 19.2 Å². The van der Waals surface area contributed by atoms with Crippen molar-refractivity contribution in [3.8, 4) is 0 Å². The van der Waals surface area contributed by atoms with Crippen molar-refractivity contribution < 1.29 is 13.9 Å². The lowest BCUT2D eigenvalue weighted by Gasteiger charge is -2.07. The van der Waals surface area contributed by atoms with Crippen molar-refractivity contribution in [2.75, 3.05) is 7.11 Å². The zero-order valence-electron chi connectivity index (χ0n) is 12.0. The van der Waals surface area contributed by atoms with E-state index in [2.05, 4.69) is 20.3 Å². The Hall–Kier alpha value is -2.28. The van der Waals surface area contributed by atoms with Gasteiger partial charge in [-0.3, -0.25) is 0 Å². The second-order valence-electron chi connectivity index (χ2n) is 4.44. The molecule has 7 heteroatoms. The molecule has 0 saturated heterocycles. The van der Waals surface area contributed by atoms with Crippen molar-refractivity contribution in [3.63, 3.8) is 0 Å². The van der Waals surface area contributed by atoms with Crippen molar-refractivity contribution >= 4 is 5.97 Å². The van der Waals surface area contributed by atoms with E-state index in [0.29, 0.717) is 13.1 Å². The Balaban J connectivity index is 1.95. The number of aromatic nitrogens is 3. The summed E-state index contributed by atoms with van der Waals surface area (Å²) in [7, 11) is 1.22. The summed E-state index contributed by atoms with van der Waals surface area (Å²) in [5.74, 6) is -0.440. The number of carbonyl (C=O) groups is 1. The molecule has 2 rings (SSSR count). The standard InChI is InChI=1S/C14H17FN4O2/c1-3-19-9-17-18-13(19)8-16-7-10-4-5-11(12(15)6-10)14(20)21-2/h4-6,9,16H,3,7-8H2,1-2H3. The van der Waals surface area contributed by atoms with Crippen LogP contribution in [0.4, 0.5) is 4.39 Å². The minimum absolute atomic E-state index is 0.0630. The molecule has 2 aromatic rings. The number of esters is 1. The second-order valence-corrected chi connectivity index (χ2v) is 4.44. The van der Waals surface area contributed by atoms with E-state index in [1.54, 1.807) is 12.4 Å². The van der Waals surface area contributed by atoms with E-state index in [1.807, 2.05) is 11.5 Å². The highest BCUT2D eigenvalue weighted by molar-refractivity contribution is 5.89. The van der Waals surface area contributed by atoms with E-state index in [0.717, 1.165) is 17.9 Å². The van der Waals surface area contributed by atoms with E-state index in [4.69, 9.17) is 0 Å². The highest BCUT2D eigenvalue weighted by Crippen LogP contribution is 2.11. The first kappa shape index (κ1) is 15.1. The zero-order valence-corrected chi connectivity index (χ0v) is 12.0. The van der Waals surface area contributed by atoms with Crippen LogP contribution in [0.15, 0.2) is 24.5 Å². The molecule has 0 aliphatic carbocycles. The molecule has 0 radical (unpaired) electrons. The SMILES string of the molecule is CCn1cnnc1CNCc1ccc(C(=O)OC)c(F)c1. The summed E-state index contributed by atoms with van der Waals surface area (Å²) in [5.41, 5.74) is 0.676. The Kier molecular flexibility index (Phi) is 4.99. The molecular weight excluding hydrogens is 275 g/mol. The highest BCUT2D eigenvalue weighted by Gasteiger charge is 2.12. The smallest absolute Gasteiger partial charge is 0.340 e. The van der Waals surface area contributed by atoms with Crippen molar-refractivity contribution in [2.24, 2.45) is 0 Å². The van der Waals surface area contributed by atoms with Crippen LogP contribution >= 0.6 is 0 Å². The molecule has 0 spiro atoms. The summed E-state index contributed by atoms with van der Waals surface area (Å²) in [6.45, 7) is 3.81. The van der Waals surface area contributed by atoms with Gasteiger partial charge in [0.15, 0.2) is 0 Å². The second kappa shape index (κ2) is 6.94. The van der Waals surface area contributed by atoms with Crippen LogP contribution < -0.4 is 5.32 Å². The van der Waals surface area contributed by atoms with Gasteiger partial charge in [0.1, 0.15) is 18.0 Å². The zero-order chi connectivity index (χ0) is 15.2. The van der Waals surface area contributed by atoms with Crippen LogP contribution in [-0.2, 0) is 24.4 Å². The topological polar surface area (TPSA) is 69.0 Å². The number of nitrogens with one attached hydrogen (secondary N) is 1. The molecule has 0 bridgehead atoms. The fourth-order valence-electron chi connectivity index (χ4n) is 1.94. The number of methoxy groups -OCH3 is 1. The minimum Gasteiger partial charge on any atom is -0.465 e. The van der Waals surface area contributed by atoms with Crippen molar-refractivity contribution in [1.29, 1.82) is 0 Å². The number of hydrogen-bond acceptors (Lipinski definition) is 5. The van der Waals surface area contributed by atoms with Gasteiger partial charge in [-0.15, -0.1) is 10.2 Å². The van der Waals surface area contributed by atoms with E-state index in [1.165, 1.54) is 19.2 Å². The van der Waals surface area contributed by atoms with Crippen molar-refractivity contribution in [3.05, 3.63) is 47.3 Å². The van der Waals surface area contributed by atoms with E-state index in [-0.39, 0.29) is 5.56 Å². The predicted octanol–water partition coefficient (Wildman–Crippen LogP) is 1.51. The van der Waals surface area contributed by atoms with Crippen LogP contribution in [0.1, 0.15) is 28.7 Å². The van der Waals surface area contributed by atoms with Crippen molar-refractivity contribution in [2.45, 2.75) is 26.6 Å². The lowest BCUT2D eigenvalue weighted by atomic mass is 10.1. The van der Waals surface area contributed by atoms with Gasteiger partial charge in [0.2, 0.25) is 0 Å². The molecule has 21 heavy (non-hydrogen) atoms. The van der Waals surface area contributed by atoms with Gasteiger partial charge in [-0.25, -0.2) is 9.18 Å². The number of hydrogen-bond donors (Lipinski definition) is 1. The predicted molar refractivity (Wildman–Crippen MR) is 74.0 cm³/mol. The lowest BCUT2D eigenvalue weighted by molar-refractivity contribution is 0.0595. The summed E-state index contributed by atoms with van der Waals surface area (Å²) in [5, 5.41) is 11.0. The summed E-state index contributed by atoms with van der Waals surface area (Å²) in [6, 6.07) is 4.43. The molecule has 0 saturated carbocycles. The molecule has 1 aromatic heterocycles. The molecule has 0 atom stereocenters. The monoisotopic (exact) mass is 292 g/mol. The number of aryl methyl sites for hydroxylation is 1. The average Bonchev–Trinajstić information content (AvgIpc) is 2.94. The van der Waals surface area contributed by atoms with Gasteiger partial charge in [-0.05, 0) is 24.6 Å². The average molecular weight is 292 g/mol. The normalized spacial score (nSPS) is 10.6. The third kappa shape index (κ3) is 3.63. The molecule has 1 N–H and O–H groups in total. The Bertz CT molecular complexity index is 627. The van der Waals surface area contributed by atoms with E-state index >= 15 is 0 Å². The maximum absolute atomic E-state index is 13.8. The van der Waals surface area contributed by atoms with Gasteiger partial charge >= 0.3 is 5.97 Å². The molecule has 0 aliphatic heterocycles. The largest absolute Gasteiger partial charge is 0.465 e. The lowest BCUT2D eigenvalue weighted by Crippen LogP contribution is -2.17. The number of ether oxygens (including phenoxy) is 1. The van der Waals surface area contributed by atoms with Crippen LogP contribution in [0.25, 0.3) is 0 Å². The number of rotatable bonds is 6. The van der Waals surface area contributed by atoms with Gasteiger partial charge < -0.3 is 14.6 Å². The first-order valence-corrected chi connectivity index (χ1v) is 6.59. The number of halogens is 1. The molecule has 0 amide bonds. The molecule has 0 unspecified atom stereocenters. The van der Waals surface area contributed by atoms with Crippen LogP contribution in [0.3, 0.4) is 0 Å². The summed E-state index contributed by atoms with van der Waals surface area (Å²) in [6.07, 6.45) is 1.67. The number of carbonyl (C=O) groups excluding carboxylic acids is 1. The Morgan fingerprint density at radius 2 is 2.24 bits per heavy atom. The quantitative estimate of drug-likeness (QED) is 0.817. The van der Waals surface area contributed by atoms with Gasteiger partial charge in [0.25, 0.3) is 0 Å². The molecular formula is C14H17FN4O2. The molecule has 0 aliphatic rings. The molecule has 112 valence electrons. The first-order valence-electron chi connectivity index (χ1n) is 6.59.